The zero-order valence-electron chi connectivity index (χ0n) is 26.1. The fourth-order valence-corrected chi connectivity index (χ4v) is 8.15. The number of furan rings is 1. The van der Waals surface area contributed by atoms with Gasteiger partial charge >= 0.3 is 0 Å². The van der Waals surface area contributed by atoms with Gasteiger partial charge in [-0.15, -0.1) is 0 Å². The van der Waals surface area contributed by atoms with Gasteiger partial charge in [-0.05, 0) is 46.5 Å². The normalized spacial score (nSPS) is 22.2. The van der Waals surface area contributed by atoms with Gasteiger partial charge in [0.25, 0.3) is 0 Å². The van der Waals surface area contributed by atoms with Crippen molar-refractivity contribution < 1.29 is 4.42 Å². The first-order valence-corrected chi connectivity index (χ1v) is 16.7. The average molecular weight is 618 g/mol. The Bertz CT molecular complexity index is 2430. The predicted octanol–water partition coefficient (Wildman–Crippen LogP) is 10.5. The first kappa shape index (κ1) is 27.1. The number of amidine groups is 1. The third kappa shape index (κ3) is 4.09. The van der Waals surface area contributed by atoms with Gasteiger partial charge in [0, 0.05) is 33.9 Å². The molecule has 5 aromatic carbocycles. The van der Waals surface area contributed by atoms with Gasteiger partial charge in [0.05, 0.1) is 23.5 Å². The Kier molecular flexibility index (Phi) is 6.10. The fraction of sp³-hybridized carbons (Fsp3) is 0.0909. The van der Waals surface area contributed by atoms with Crippen LogP contribution in [0.15, 0.2) is 178 Å². The van der Waals surface area contributed by atoms with Gasteiger partial charge in [0.1, 0.15) is 5.58 Å². The minimum atomic E-state index is -0.0538. The number of benzene rings is 5. The molecule has 1 aromatic heterocycles. The molecule has 2 aliphatic heterocycles. The molecular formula is C44H31N3O. The van der Waals surface area contributed by atoms with E-state index < -0.39 is 0 Å². The van der Waals surface area contributed by atoms with Crippen LogP contribution in [0.25, 0.3) is 27.5 Å². The fourth-order valence-electron chi connectivity index (χ4n) is 8.15. The summed E-state index contributed by atoms with van der Waals surface area (Å²) in [6.45, 7) is 0. The van der Waals surface area contributed by atoms with Gasteiger partial charge in [-0.25, -0.2) is 4.99 Å². The Morgan fingerprint density at radius 3 is 2.35 bits per heavy atom. The molecular weight excluding hydrogens is 587 g/mol. The van der Waals surface area contributed by atoms with Gasteiger partial charge in [-0.3, -0.25) is 4.99 Å². The highest BCUT2D eigenvalue weighted by Crippen LogP contribution is 2.54. The molecule has 4 heteroatoms. The van der Waals surface area contributed by atoms with E-state index in [1.54, 1.807) is 0 Å². The maximum atomic E-state index is 6.84. The van der Waals surface area contributed by atoms with Crippen molar-refractivity contribution in [1.82, 2.24) is 0 Å². The first-order valence-electron chi connectivity index (χ1n) is 16.7. The van der Waals surface area contributed by atoms with Gasteiger partial charge in [0.15, 0.2) is 11.4 Å². The van der Waals surface area contributed by atoms with Crippen molar-refractivity contribution in [3.63, 3.8) is 0 Å². The van der Waals surface area contributed by atoms with Crippen LogP contribution in [0, 0.1) is 5.92 Å². The second kappa shape index (κ2) is 10.8. The summed E-state index contributed by atoms with van der Waals surface area (Å²) in [6.07, 6.45) is 15.3. The first-order chi connectivity index (χ1) is 23.8. The van der Waals surface area contributed by atoms with Crippen LogP contribution in [-0.2, 0) is 0 Å². The van der Waals surface area contributed by atoms with Crippen molar-refractivity contribution in [2.75, 3.05) is 4.90 Å². The molecule has 0 bridgehead atoms. The molecule has 0 spiro atoms. The minimum absolute atomic E-state index is 0.0538. The molecule has 0 amide bonds. The smallest absolute Gasteiger partial charge is 0.159 e. The molecule has 6 aromatic rings. The van der Waals surface area contributed by atoms with Gasteiger partial charge < -0.3 is 9.32 Å². The molecule has 48 heavy (non-hydrogen) atoms. The summed E-state index contributed by atoms with van der Waals surface area (Å²) in [6, 6.07) is 43.0. The van der Waals surface area contributed by atoms with E-state index in [1.165, 1.54) is 28.0 Å². The zero-order valence-corrected chi connectivity index (χ0v) is 26.1. The van der Waals surface area contributed by atoms with Crippen LogP contribution in [0.3, 0.4) is 0 Å². The van der Waals surface area contributed by atoms with E-state index in [9.17, 15) is 0 Å². The number of hydrogen-bond acceptors (Lipinski definition) is 4. The second-order valence-electron chi connectivity index (χ2n) is 12.8. The van der Waals surface area contributed by atoms with E-state index in [4.69, 9.17) is 14.4 Å². The van der Waals surface area contributed by atoms with Crippen LogP contribution in [0.5, 0.6) is 0 Å². The highest BCUT2D eigenvalue weighted by molar-refractivity contribution is 6.23. The molecule has 0 fully saturated rings. The molecule has 0 N–H and O–H groups in total. The summed E-state index contributed by atoms with van der Waals surface area (Å²) in [5.41, 5.74) is 11.1. The Hall–Kier alpha value is -6.00. The van der Waals surface area contributed by atoms with Crippen molar-refractivity contribution in [3.8, 4) is 0 Å². The minimum Gasteiger partial charge on any atom is -0.454 e. The van der Waals surface area contributed by atoms with Crippen molar-refractivity contribution in [2.45, 2.75) is 18.0 Å². The van der Waals surface area contributed by atoms with Crippen molar-refractivity contribution in [2.24, 2.45) is 15.9 Å². The van der Waals surface area contributed by atoms with E-state index in [0.717, 1.165) is 44.7 Å². The van der Waals surface area contributed by atoms with Crippen molar-refractivity contribution in [3.05, 3.63) is 186 Å². The number of allylic oxidation sites excluding steroid dienone is 5. The Morgan fingerprint density at radius 2 is 1.46 bits per heavy atom. The van der Waals surface area contributed by atoms with E-state index in [0.29, 0.717) is 0 Å². The molecule has 4 unspecified atom stereocenters. The van der Waals surface area contributed by atoms with E-state index in [-0.39, 0.29) is 23.9 Å². The number of aliphatic imine (C=N–C) groups is 2. The number of hydrogen-bond donors (Lipinski definition) is 0. The van der Waals surface area contributed by atoms with Crippen LogP contribution < -0.4 is 4.90 Å². The van der Waals surface area contributed by atoms with Crippen LogP contribution in [0.1, 0.15) is 34.2 Å². The summed E-state index contributed by atoms with van der Waals surface area (Å²) < 4.78 is 6.84. The molecule has 0 radical (unpaired) electrons. The maximum Gasteiger partial charge on any atom is 0.159 e. The lowest BCUT2D eigenvalue weighted by atomic mass is 9.81. The summed E-state index contributed by atoms with van der Waals surface area (Å²) in [4.78, 5) is 13.0. The van der Waals surface area contributed by atoms with E-state index >= 15 is 0 Å². The molecule has 10 rings (SSSR count). The Balaban J connectivity index is 1.14. The second-order valence-corrected chi connectivity index (χ2v) is 12.8. The van der Waals surface area contributed by atoms with Crippen LogP contribution >= 0.6 is 0 Å². The lowest BCUT2D eigenvalue weighted by molar-refractivity contribution is 0.641. The third-order valence-corrected chi connectivity index (χ3v) is 10.2. The van der Waals surface area contributed by atoms with Crippen LogP contribution in [0.2, 0.25) is 0 Å². The molecule has 228 valence electrons. The summed E-state index contributed by atoms with van der Waals surface area (Å²) in [7, 11) is 0. The monoisotopic (exact) mass is 617 g/mol. The highest BCUT2D eigenvalue weighted by atomic mass is 16.3. The summed E-state index contributed by atoms with van der Waals surface area (Å²) in [5.74, 6) is 1.06. The van der Waals surface area contributed by atoms with Crippen LogP contribution in [-0.4, -0.2) is 17.6 Å². The standard InChI is InChI=1S/C44H31N3O/c1-3-14-28(15-4-1)30-20-11-25-37-40(30)32-19-8-10-24-36(32)47(37)38-26-12-21-33-41-34(22-13-27-39(41)48-43(33)38)44-45-35-23-9-7-18-31(35)42(46-44)29-16-5-2-6-17-29/h1-27,31,37,40,42H. The molecule has 4 aliphatic rings. The van der Waals surface area contributed by atoms with Crippen LogP contribution in [0.4, 0.5) is 11.4 Å². The number of nitrogens with zero attached hydrogens (tertiary/aromatic N) is 3. The number of anilines is 2. The Morgan fingerprint density at radius 1 is 0.667 bits per heavy atom. The van der Waals surface area contributed by atoms with Crippen molar-refractivity contribution in [1.29, 1.82) is 0 Å². The average Bonchev–Trinajstić information content (AvgIpc) is 3.71. The number of rotatable bonds is 4. The van der Waals surface area contributed by atoms with Gasteiger partial charge in [-0.1, -0.05) is 140 Å². The quantitative estimate of drug-likeness (QED) is 0.197. The molecule has 0 saturated heterocycles. The summed E-state index contributed by atoms with van der Waals surface area (Å²) >= 11 is 0. The lowest BCUT2D eigenvalue weighted by Crippen LogP contribution is -2.30. The molecule has 4 atom stereocenters. The SMILES string of the molecule is C1=CC2=NC(c3cccc4oc5c(N6c7ccccc7C7C(c8ccccc8)=CC=CC76)cccc5c34)=NC(c3ccccc3)C2C=C1. The lowest BCUT2D eigenvalue weighted by Gasteiger charge is -2.31. The van der Waals surface area contributed by atoms with E-state index in [2.05, 4.69) is 169 Å². The third-order valence-electron chi connectivity index (χ3n) is 10.2. The molecule has 4 nitrogen and oxygen atoms in total. The topological polar surface area (TPSA) is 41.1 Å². The van der Waals surface area contributed by atoms with E-state index in [1.807, 2.05) is 0 Å². The molecule has 0 saturated carbocycles. The van der Waals surface area contributed by atoms with Gasteiger partial charge in [0.2, 0.25) is 0 Å². The zero-order chi connectivity index (χ0) is 31.6. The summed E-state index contributed by atoms with van der Waals surface area (Å²) in [5, 5.41) is 2.11. The maximum absolute atomic E-state index is 6.84. The largest absolute Gasteiger partial charge is 0.454 e. The number of fused-ring (bicyclic) bond motifs is 7. The van der Waals surface area contributed by atoms with Crippen molar-refractivity contribution >= 4 is 50.4 Å². The number of para-hydroxylation sites is 2. The Labute approximate surface area is 279 Å². The molecule has 2 aliphatic carbocycles. The van der Waals surface area contributed by atoms with Gasteiger partial charge in [-0.2, -0.15) is 0 Å². The molecule has 3 heterocycles. The predicted molar refractivity (Wildman–Crippen MR) is 197 cm³/mol. The highest BCUT2D eigenvalue weighted by Gasteiger charge is 2.42.